The number of alkyl halides is 2. The molecule has 292 valence electrons. The number of ether oxygens (including phenoxy) is 3. The maximum Gasteiger partial charge on any atom is 0.149 e. The van der Waals surface area contributed by atoms with Crippen molar-refractivity contribution in [2.75, 3.05) is 25.3 Å². The van der Waals surface area contributed by atoms with Gasteiger partial charge in [-0.05, 0) is 77.0 Å². The van der Waals surface area contributed by atoms with Gasteiger partial charge in [0.15, 0.2) is 0 Å². The summed E-state index contributed by atoms with van der Waals surface area (Å²) in [6.07, 6.45) is 50.6. The Labute approximate surface area is 317 Å². The molecule has 0 fully saturated rings. The molecule has 2 atom stereocenters. The molecule has 0 saturated carbocycles. The van der Waals surface area contributed by atoms with Crippen LogP contribution in [0.25, 0.3) is 0 Å². The van der Waals surface area contributed by atoms with Gasteiger partial charge in [0.05, 0.1) is 12.2 Å². The molecule has 0 bridgehead atoms. The van der Waals surface area contributed by atoms with Crippen LogP contribution in [0.2, 0.25) is 0 Å². The Balaban J connectivity index is 4.25. The fraction of sp³-hybridized carbons (Fsp3) is 0.909. The van der Waals surface area contributed by atoms with Crippen LogP contribution in [0.4, 0.5) is 0 Å². The molecule has 0 N–H and O–H groups in total. The van der Waals surface area contributed by atoms with Crippen molar-refractivity contribution in [3.8, 4) is 0 Å². The lowest BCUT2D eigenvalue weighted by Gasteiger charge is -2.20. The highest BCUT2D eigenvalue weighted by Crippen LogP contribution is 2.17. The van der Waals surface area contributed by atoms with Crippen molar-refractivity contribution >= 4 is 23.2 Å². The minimum absolute atomic E-state index is 0.274. The second-order valence-corrected chi connectivity index (χ2v) is 15.2. The Morgan fingerprint density at radius 3 is 1.06 bits per heavy atom. The largest absolute Gasteiger partial charge is 0.352 e. The smallest absolute Gasteiger partial charge is 0.149 e. The van der Waals surface area contributed by atoms with Gasteiger partial charge < -0.3 is 14.2 Å². The van der Waals surface area contributed by atoms with Crippen molar-refractivity contribution in [2.24, 2.45) is 0 Å². The van der Waals surface area contributed by atoms with E-state index in [-0.39, 0.29) is 12.2 Å². The zero-order valence-electron chi connectivity index (χ0n) is 32.9. The normalized spacial score (nSPS) is 13.3. The van der Waals surface area contributed by atoms with Gasteiger partial charge in [0, 0.05) is 11.8 Å². The fourth-order valence-electron chi connectivity index (χ4n) is 6.41. The molecule has 0 aliphatic carbocycles. The Hall–Kier alpha value is -0.0600. The number of hydrogen-bond donors (Lipinski definition) is 0. The van der Waals surface area contributed by atoms with E-state index in [1.807, 2.05) is 0 Å². The highest BCUT2D eigenvalue weighted by atomic mass is 35.5. The number of hydrogen-bond acceptors (Lipinski definition) is 3. The van der Waals surface area contributed by atoms with E-state index in [1.165, 1.54) is 167 Å². The molecule has 0 aliphatic rings. The molecule has 0 rings (SSSR count). The van der Waals surface area contributed by atoms with Gasteiger partial charge in [-0.1, -0.05) is 167 Å². The van der Waals surface area contributed by atoms with Gasteiger partial charge in [0.2, 0.25) is 0 Å². The number of rotatable bonds is 42. The molecule has 0 aromatic carbocycles. The van der Waals surface area contributed by atoms with Crippen molar-refractivity contribution in [1.29, 1.82) is 0 Å². The third-order valence-corrected chi connectivity index (χ3v) is 10.2. The van der Waals surface area contributed by atoms with Gasteiger partial charge in [-0.2, -0.15) is 0 Å². The van der Waals surface area contributed by atoms with Crippen LogP contribution in [0.15, 0.2) is 24.3 Å². The summed E-state index contributed by atoms with van der Waals surface area (Å²) in [4.78, 5) is 0. The summed E-state index contributed by atoms with van der Waals surface area (Å²) in [7, 11) is 0. The Bertz CT molecular complexity index is 602. The molecule has 0 aliphatic heterocycles. The molecule has 0 amide bonds. The standard InChI is InChI=1S/C44H84Cl2O3/c1-3-5-7-29-35-43(37-31-25-21-17-13-9-11-15-19-23-27-33-39-45)48-41-47-42-49-44(36-30-8-6-4-2)38-32-26-22-18-14-10-12-16-20-24-28-34-40-46/h21-22,25-26,43-44H,3-20,23-24,27-42H2,1-2H3. The zero-order valence-corrected chi connectivity index (χ0v) is 34.4. The summed E-state index contributed by atoms with van der Waals surface area (Å²) in [6, 6.07) is 0. The molecule has 0 aromatic heterocycles. The van der Waals surface area contributed by atoms with Crippen LogP contribution in [-0.2, 0) is 14.2 Å². The van der Waals surface area contributed by atoms with Gasteiger partial charge in [0.25, 0.3) is 0 Å². The third kappa shape index (κ3) is 40.6. The summed E-state index contributed by atoms with van der Waals surface area (Å²) >= 11 is 11.5. The second-order valence-electron chi connectivity index (χ2n) is 14.4. The van der Waals surface area contributed by atoms with E-state index in [1.54, 1.807) is 0 Å². The van der Waals surface area contributed by atoms with E-state index in [4.69, 9.17) is 37.4 Å². The minimum Gasteiger partial charge on any atom is -0.352 e. The van der Waals surface area contributed by atoms with Gasteiger partial charge in [0.1, 0.15) is 13.6 Å². The van der Waals surface area contributed by atoms with Crippen molar-refractivity contribution < 1.29 is 14.2 Å². The highest BCUT2D eigenvalue weighted by Gasteiger charge is 2.11. The molecular formula is C44H84Cl2O3. The average molecular weight is 732 g/mol. The van der Waals surface area contributed by atoms with E-state index in [0.717, 1.165) is 50.3 Å². The summed E-state index contributed by atoms with van der Waals surface area (Å²) in [5.74, 6) is 1.63. The van der Waals surface area contributed by atoms with Gasteiger partial charge in [-0.25, -0.2) is 0 Å². The fourth-order valence-corrected chi connectivity index (χ4v) is 6.79. The number of unbranched alkanes of at least 4 members (excludes halogenated alkanes) is 22. The molecule has 49 heavy (non-hydrogen) atoms. The SMILES string of the molecule is CCCCCCC(CCC=CCCCCCCCCCCCl)OCOCOC(CCC=CCCCCCCCCCCCl)CCCCCC. The molecule has 0 heterocycles. The lowest BCUT2D eigenvalue weighted by Crippen LogP contribution is -2.19. The van der Waals surface area contributed by atoms with Crippen molar-refractivity contribution in [3.63, 3.8) is 0 Å². The van der Waals surface area contributed by atoms with E-state index >= 15 is 0 Å². The van der Waals surface area contributed by atoms with Crippen molar-refractivity contribution in [1.82, 2.24) is 0 Å². The van der Waals surface area contributed by atoms with Gasteiger partial charge in [-0.3, -0.25) is 0 Å². The maximum absolute atomic E-state index is 6.25. The molecule has 0 aromatic rings. The Kier molecular flexibility index (Phi) is 44.0. The van der Waals surface area contributed by atoms with Crippen molar-refractivity contribution in [2.45, 2.75) is 232 Å². The number of allylic oxidation sites excluding steroid dienone is 4. The van der Waals surface area contributed by atoms with Crippen LogP contribution in [0.3, 0.4) is 0 Å². The van der Waals surface area contributed by atoms with Crippen LogP contribution in [0.5, 0.6) is 0 Å². The van der Waals surface area contributed by atoms with E-state index in [0.29, 0.717) is 13.6 Å². The molecular weight excluding hydrogens is 647 g/mol. The summed E-state index contributed by atoms with van der Waals surface area (Å²) in [6.45, 7) is 5.23. The van der Waals surface area contributed by atoms with E-state index in [2.05, 4.69) is 38.2 Å². The lowest BCUT2D eigenvalue weighted by molar-refractivity contribution is -0.167. The van der Waals surface area contributed by atoms with Gasteiger partial charge >= 0.3 is 0 Å². The maximum atomic E-state index is 6.25. The van der Waals surface area contributed by atoms with Crippen LogP contribution >= 0.6 is 23.2 Å². The first-order valence-corrected chi connectivity index (χ1v) is 22.6. The van der Waals surface area contributed by atoms with E-state index < -0.39 is 0 Å². The lowest BCUT2D eigenvalue weighted by atomic mass is 10.0. The first kappa shape index (κ1) is 48.9. The monoisotopic (exact) mass is 731 g/mol. The predicted octanol–water partition coefficient (Wildman–Crippen LogP) is 15.8. The molecule has 5 heteroatoms. The third-order valence-electron chi connectivity index (χ3n) is 9.69. The molecule has 2 unspecified atom stereocenters. The van der Waals surface area contributed by atoms with Gasteiger partial charge in [-0.15, -0.1) is 23.2 Å². The zero-order chi connectivity index (χ0) is 35.6. The van der Waals surface area contributed by atoms with Crippen LogP contribution in [-0.4, -0.2) is 37.6 Å². The number of halogens is 2. The Morgan fingerprint density at radius 1 is 0.367 bits per heavy atom. The van der Waals surface area contributed by atoms with Crippen LogP contribution in [0, 0.1) is 0 Å². The summed E-state index contributed by atoms with van der Waals surface area (Å²) in [5.41, 5.74) is 0. The first-order valence-electron chi connectivity index (χ1n) is 21.5. The minimum atomic E-state index is 0.274. The highest BCUT2D eigenvalue weighted by molar-refractivity contribution is 6.18. The first-order chi connectivity index (χ1) is 24.3. The Morgan fingerprint density at radius 2 is 0.694 bits per heavy atom. The average Bonchev–Trinajstić information content (AvgIpc) is 3.11. The molecule has 0 radical (unpaired) electrons. The van der Waals surface area contributed by atoms with Crippen molar-refractivity contribution in [3.05, 3.63) is 24.3 Å². The van der Waals surface area contributed by atoms with E-state index in [9.17, 15) is 0 Å². The predicted molar refractivity (Wildman–Crippen MR) is 219 cm³/mol. The molecule has 3 nitrogen and oxygen atoms in total. The summed E-state index contributed by atoms with van der Waals surface area (Å²) < 4.78 is 18.4. The van der Waals surface area contributed by atoms with Crippen LogP contribution < -0.4 is 0 Å². The summed E-state index contributed by atoms with van der Waals surface area (Å²) in [5, 5.41) is 0. The topological polar surface area (TPSA) is 27.7 Å². The molecule has 0 saturated heterocycles. The van der Waals surface area contributed by atoms with Crippen LogP contribution in [0.1, 0.15) is 219 Å². The quantitative estimate of drug-likeness (QED) is 0.0271. The molecule has 0 spiro atoms. The second kappa shape index (κ2) is 44.1.